The van der Waals surface area contributed by atoms with Gasteiger partial charge in [0.15, 0.2) is 0 Å². The van der Waals surface area contributed by atoms with E-state index >= 15 is 0 Å². The quantitative estimate of drug-likeness (QED) is 0.844. The molecule has 2 aromatic rings. The lowest BCUT2D eigenvalue weighted by Gasteiger charge is -2.02. The molecule has 1 aromatic heterocycles. The first kappa shape index (κ1) is 10.8. The summed E-state index contributed by atoms with van der Waals surface area (Å²) in [6, 6.07) is 7.08. The van der Waals surface area contributed by atoms with E-state index in [2.05, 4.69) is 41.9 Å². The maximum Gasteiger partial charge on any atom is 0.218 e. The van der Waals surface area contributed by atoms with Crippen LogP contribution in [0.2, 0.25) is 0 Å². The molecule has 0 N–H and O–H groups in total. The Hall–Kier alpha value is -0.750. The molecule has 15 heavy (non-hydrogen) atoms. The van der Waals surface area contributed by atoms with Gasteiger partial charge in [0.25, 0.3) is 0 Å². The molecule has 0 aliphatic carbocycles. The molecule has 1 heterocycles. The lowest BCUT2D eigenvalue weighted by atomic mass is 10.2. The SMILES string of the molecule is FCc1cccc(-n2nc(Br)nc2Br)c1. The maximum atomic E-state index is 12.5. The minimum absolute atomic E-state index is 0.485. The van der Waals surface area contributed by atoms with Crippen molar-refractivity contribution in [2.45, 2.75) is 6.67 Å². The van der Waals surface area contributed by atoms with Crippen LogP contribution < -0.4 is 0 Å². The first-order valence-electron chi connectivity index (χ1n) is 4.14. The van der Waals surface area contributed by atoms with Crippen LogP contribution in [-0.4, -0.2) is 14.8 Å². The summed E-state index contributed by atoms with van der Waals surface area (Å²) in [5.41, 5.74) is 1.39. The van der Waals surface area contributed by atoms with Crippen LogP contribution in [0.4, 0.5) is 4.39 Å². The van der Waals surface area contributed by atoms with Gasteiger partial charge in [-0.15, -0.1) is 5.10 Å². The van der Waals surface area contributed by atoms with Crippen molar-refractivity contribution < 1.29 is 4.39 Å². The maximum absolute atomic E-state index is 12.5. The van der Waals surface area contributed by atoms with Gasteiger partial charge in [0.05, 0.1) is 5.69 Å². The van der Waals surface area contributed by atoms with Crippen molar-refractivity contribution in [1.29, 1.82) is 0 Å². The molecular weight excluding hydrogens is 329 g/mol. The lowest BCUT2D eigenvalue weighted by Crippen LogP contribution is -1.97. The van der Waals surface area contributed by atoms with E-state index in [0.29, 0.717) is 15.0 Å². The molecule has 0 saturated carbocycles. The van der Waals surface area contributed by atoms with Crippen molar-refractivity contribution in [3.05, 3.63) is 39.3 Å². The molecule has 0 spiro atoms. The molecule has 1 aromatic carbocycles. The molecule has 0 saturated heterocycles. The van der Waals surface area contributed by atoms with E-state index in [4.69, 9.17) is 0 Å². The average molecular weight is 335 g/mol. The van der Waals surface area contributed by atoms with Gasteiger partial charge in [-0.2, -0.15) is 4.98 Å². The van der Waals surface area contributed by atoms with E-state index in [1.165, 1.54) is 0 Å². The second-order valence-corrected chi connectivity index (χ2v) is 4.28. The summed E-state index contributed by atoms with van der Waals surface area (Å²) < 4.78 is 15.1. The highest BCUT2D eigenvalue weighted by Crippen LogP contribution is 2.18. The van der Waals surface area contributed by atoms with Crippen molar-refractivity contribution in [2.24, 2.45) is 0 Å². The Bertz CT molecular complexity index is 484. The third-order valence-electron chi connectivity index (χ3n) is 1.85. The fourth-order valence-corrected chi connectivity index (χ4v) is 2.22. The number of hydrogen-bond acceptors (Lipinski definition) is 2. The molecule has 0 bridgehead atoms. The van der Waals surface area contributed by atoms with Gasteiger partial charge in [0.1, 0.15) is 6.67 Å². The molecule has 6 heteroatoms. The van der Waals surface area contributed by atoms with Gasteiger partial charge in [-0.3, -0.25) is 0 Å². The highest BCUT2D eigenvalue weighted by atomic mass is 79.9. The Kier molecular flexibility index (Phi) is 3.16. The Morgan fingerprint density at radius 3 is 2.73 bits per heavy atom. The zero-order valence-electron chi connectivity index (χ0n) is 7.49. The third-order valence-corrected chi connectivity index (χ3v) is 2.70. The standard InChI is InChI=1S/C9H6Br2FN3/c10-8-13-9(11)15(14-8)7-3-1-2-6(4-7)5-12/h1-4H,5H2. The number of alkyl halides is 1. The van der Waals surface area contributed by atoms with Crippen molar-refractivity contribution >= 4 is 31.9 Å². The smallest absolute Gasteiger partial charge is 0.218 e. The van der Waals surface area contributed by atoms with Crippen molar-refractivity contribution in [3.8, 4) is 5.69 Å². The monoisotopic (exact) mass is 333 g/mol. The molecule has 0 atom stereocenters. The topological polar surface area (TPSA) is 30.7 Å². The molecule has 0 amide bonds. The molecular formula is C9H6Br2FN3. The Balaban J connectivity index is 2.49. The number of hydrogen-bond donors (Lipinski definition) is 0. The van der Waals surface area contributed by atoms with Crippen LogP contribution in [0.3, 0.4) is 0 Å². The number of nitrogens with zero attached hydrogens (tertiary/aromatic N) is 3. The number of aromatic nitrogens is 3. The van der Waals surface area contributed by atoms with Gasteiger partial charge in [0, 0.05) is 0 Å². The van der Waals surface area contributed by atoms with E-state index in [1.54, 1.807) is 22.9 Å². The predicted octanol–water partition coefficient (Wildman–Crippen LogP) is 3.26. The fraction of sp³-hybridized carbons (Fsp3) is 0.111. The highest BCUT2D eigenvalue weighted by Gasteiger charge is 2.07. The van der Waals surface area contributed by atoms with Crippen LogP contribution in [0, 0.1) is 0 Å². The summed E-state index contributed by atoms with van der Waals surface area (Å²) >= 11 is 6.43. The minimum Gasteiger partial charge on any atom is -0.246 e. The van der Waals surface area contributed by atoms with Gasteiger partial charge in [-0.1, -0.05) is 12.1 Å². The molecule has 78 valence electrons. The summed E-state index contributed by atoms with van der Waals surface area (Å²) in [6.45, 7) is -0.485. The van der Waals surface area contributed by atoms with E-state index < -0.39 is 6.67 Å². The van der Waals surface area contributed by atoms with Crippen LogP contribution >= 0.6 is 31.9 Å². The van der Waals surface area contributed by atoms with Crippen molar-refractivity contribution in [3.63, 3.8) is 0 Å². The number of benzene rings is 1. The van der Waals surface area contributed by atoms with Gasteiger partial charge < -0.3 is 0 Å². The zero-order valence-corrected chi connectivity index (χ0v) is 10.7. The summed E-state index contributed by atoms with van der Waals surface area (Å²) in [7, 11) is 0. The van der Waals surface area contributed by atoms with Crippen LogP contribution in [0.25, 0.3) is 5.69 Å². The second kappa shape index (κ2) is 4.40. The molecule has 0 aliphatic rings. The molecule has 3 nitrogen and oxygen atoms in total. The highest BCUT2D eigenvalue weighted by molar-refractivity contribution is 9.11. The zero-order chi connectivity index (χ0) is 10.8. The number of rotatable bonds is 2. The predicted molar refractivity (Wildman–Crippen MR) is 61.6 cm³/mol. The fourth-order valence-electron chi connectivity index (χ4n) is 1.21. The summed E-state index contributed by atoms with van der Waals surface area (Å²) in [6.07, 6.45) is 0. The molecule has 0 fully saturated rings. The minimum atomic E-state index is -0.485. The summed E-state index contributed by atoms with van der Waals surface area (Å²) in [5.74, 6) is 0. The van der Waals surface area contributed by atoms with E-state index in [9.17, 15) is 4.39 Å². The van der Waals surface area contributed by atoms with Crippen LogP contribution in [0.5, 0.6) is 0 Å². The summed E-state index contributed by atoms with van der Waals surface area (Å²) in [5, 5.41) is 4.11. The first-order chi connectivity index (χ1) is 7.20. The largest absolute Gasteiger partial charge is 0.246 e. The Morgan fingerprint density at radius 2 is 2.13 bits per heavy atom. The van der Waals surface area contributed by atoms with Gasteiger partial charge in [-0.05, 0) is 49.6 Å². The molecule has 2 rings (SSSR count). The second-order valence-electron chi connectivity index (χ2n) is 2.87. The Labute approximate surface area is 103 Å². The average Bonchev–Trinajstić information content (AvgIpc) is 2.58. The van der Waals surface area contributed by atoms with Gasteiger partial charge in [0.2, 0.25) is 9.47 Å². The van der Waals surface area contributed by atoms with Crippen molar-refractivity contribution in [1.82, 2.24) is 14.8 Å². The van der Waals surface area contributed by atoms with E-state index in [0.717, 1.165) is 5.69 Å². The van der Waals surface area contributed by atoms with Crippen LogP contribution in [-0.2, 0) is 6.67 Å². The third kappa shape index (κ3) is 2.26. The first-order valence-corrected chi connectivity index (χ1v) is 5.72. The molecule has 0 unspecified atom stereocenters. The molecule has 0 radical (unpaired) electrons. The Morgan fingerprint density at radius 1 is 1.33 bits per heavy atom. The number of halogens is 3. The lowest BCUT2D eigenvalue weighted by molar-refractivity contribution is 0.485. The van der Waals surface area contributed by atoms with Crippen LogP contribution in [0.1, 0.15) is 5.56 Å². The molecule has 0 aliphatic heterocycles. The summed E-state index contributed by atoms with van der Waals surface area (Å²) in [4.78, 5) is 4.03. The normalized spacial score (nSPS) is 10.6. The van der Waals surface area contributed by atoms with E-state index in [1.807, 2.05) is 6.07 Å². The van der Waals surface area contributed by atoms with Crippen LogP contribution in [0.15, 0.2) is 33.7 Å². The van der Waals surface area contributed by atoms with Gasteiger partial charge in [-0.25, -0.2) is 9.07 Å². The van der Waals surface area contributed by atoms with E-state index in [-0.39, 0.29) is 0 Å². The van der Waals surface area contributed by atoms with Crippen molar-refractivity contribution in [2.75, 3.05) is 0 Å². The van der Waals surface area contributed by atoms with Gasteiger partial charge >= 0.3 is 0 Å².